The maximum Gasteiger partial charge on any atom is 0.421 e. The number of rotatable bonds is 9. The van der Waals surface area contributed by atoms with E-state index in [1.807, 2.05) is 0 Å². The Morgan fingerprint density at radius 3 is 2.65 bits per heavy atom. The molecule has 0 bridgehead atoms. The van der Waals surface area contributed by atoms with Gasteiger partial charge in [0.05, 0.1) is 26.0 Å². The van der Waals surface area contributed by atoms with E-state index in [0.29, 0.717) is 60.9 Å². The van der Waals surface area contributed by atoms with Crippen LogP contribution in [0.15, 0.2) is 42.7 Å². The van der Waals surface area contributed by atoms with Crippen LogP contribution in [-0.2, 0) is 28.4 Å². The maximum atomic E-state index is 13.8. The molecule has 0 aliphatic carbocycles. The first-order valence-electron chi connectivity index (χ1n) is 12.1. The van der Waals surface area contributed by atoms with E-state index < -0.39 is 28.5 Å². The van der Waals surface area contributed by atoms with Crippen LogP contribution >= 0.6 is 0 Å². The van der Waals surface area contributed by atoms with Crippen LogP contribution in [0.1, 0.15) is 21.5 Å². The summed E-state index contributed by atoms with van der Waals surface area (Å²) in [6.45, 7) is 1.70. The summed E-state index contributed by atoms with van der Waals surface area (Å²) in [5.41, 5.74) is 0.0995. The van der Waals surface area contributed by atoms with Crippen molar-refractivity contribution in [1.29, 1.82) is 0 Å². The van der Waals surface area contributed by atoms with Gasteiger partial charge in [0.25, 0.3) is 5.91 Å². The summed E-state index contributed by atoms with van der Waals surface area (Å²) in [7, 11) is 1.60. The van der Waals surface area contributed by atoms with Crippen molar-refractivity contribution < 1.29 is 31.6 Å². The molecule has 0 spiro atoms. The molecule has 40 heavy (non-hydrogen) atoms. The van der Waals surface area contributed by atoms with Gasteiger partial charge in [0.1, 0.15) is 33.9 Å². The molecule has 15 heteroatoms. The van der Waals surface area contributed by atoms with Gasteiger partial charge in [0.2, 0.25) is 5.95 Å². The van der Waals surface area contributed by atoms with E-state index in [4.69, 9.17) is 9.47 Å². The Balaban J connectivity index is 1.62. The molecule has 1 amide bonds. The number of halogens is 3. The van der Waals surface area contributed by atoms with Crippen LogP contribution in [0.25, 0.3) is 0 Å². The second kappa shape index (κ2) is 12.5. The largest absolute Gasteiger partial charge is 0.495 e. The number of ether oxygens (including phenoxy) is 2. The molecular weight excluding hydrogens is 551 g/mol. The standard InChI is InChI=1S/C25H28F3N7O4S/c1-34(40(3)37)22-17(5-4-8-29-22)14-30-21-18(25(26,27)28)15-31-24(33-21)32-19-13-16(6-7-20(19)38-2)23(36)35-9-11-39-12-10-35/h4-8,13,15H,9-12,14H2,1-3H3,(H2,30,31,32,33). The number of hydrogen-bond acceptors (Lipinski definition) is 9. The Bertz CT molecular complexity index is 1390. The first kappa shape index (κ1) is 29.0. The number of methoxy groups -OCH3 is 1. The average molecular weight is 580 g/mol. The quantitative estimate of drug-likeness (QED) is 0.393. The summed E-state index contributed by atoms with van der Waals surface area (Å²) in [5, 5.41) is 5.59. The molecule has 4 rings (SSSR count). The Hall–Kier alpha value is -3.98. The topological polar surface area (TPSA) is 122 Å². The zero-order valence-corrected chi connectivity index (χ0v) is 22.8. The second-order valence-corrected chi connectivity index (χ2v) is 10.1. The van der Waals surface area contributed by atoms with Gasteiger partial charge in [-0.15, -0.1) is 0 Å². The molecule has 2 N–H and O–H groups in total. The Kier molecular flexibility index (Phi) is 9.04. The fourth-order valence-electron chi connectivity index (χ4n) is 3.94. The third-order valence-corrected chi connectivity index (χ3v) is 7.03. The lowest BCUT2D eigenvalue weighted by Crippen LogP contribution is -2.40. The van der Waals surface area contributed by atoms with Crippen LogP contribution in [0.3, 0.4) is 0 Å². The molecule has 1 aromatic carbocycles. The molecule has 1 saturated heterocycles. The van der Waals surface area contributed by atoms with Gasteiger partial charge in [0.15, 0.2) is 0 Å². The molecule has 3 aromatic rings. The van der Waals surface area contributed by atoms with Gasteiger partial charge >= 0.3 is 6.18 Å². The van der Waals surface area contributed by atoms with Crippen LogP contribution in [-0.4, -0.2) is 76.7 Å². The number of pyridine rings is 1. The first-order valence-corrected chi connectivity index (χ1v) is 13.6. The monoisotopic (exact) mass is 579 g/mol. The van der Waals surface area contributed by atoms with Crippen molar-refractivity contribution in [2.45, 2.75) is 12.7 Å². The second-order valence-electron chi connectivity index (χ2n) is 8.66. The normalized spacial score (nSPS) is 14.4. The third kappa shape index (κ3) is 6.77. The summed E-state index contributed by atoms with van der Waals surface area (Å²) >= 11 is 0. The van der Waals surface area contributed by atoms with E-state index in [1.165, 1.54) is 29.9 Å². The van der Waals surface area contributed by atoms with E-state index in [1.54, 1.807) is 36.2 Å². The van der Waals surface area contributed by atoms with E-state index in [2.05, 4.69) is 25.6 Å². The van der Waals surface area contributed by atoms with Gasteiger partial charge in [-0.3, -0.25) is 9.10 Å². The Morgan fingerprint density at radius 2 is 1.98 bits per heavy atom. The van der Waals surface area contributed by atoms with Gasteiger partial charge in [-0.25, -0.2) is 14.2 Å². The number of benzene rings is 1. The lowest BCUT2D eigenvalue weighted by Gasteiger charge is -2.27. The number of carbonyl (C=O) groups is 1. The highest BCUT2D eigenvalue weighted by Gasteiger charge is 2.35. The number of alkyl halides is 3. The molecule has 1 aliphatic heterocycles. The molecule has 3 heterocycles. The molecule has 11 nitrogen and oxygen atoms in total. The van der Waals surface area contributed by atoms with Crippen molar-refractivity contribution in [1.82, 2.24) is 19.9 Å². The summed E-state index contributed by atoms with van der Waals surface area (Å²) in [4.78, 5) is 26.8. The average Bonchev–Trinajstić information content (AvgIpc) is 2.95. The van der Waals surface area contributed by atoms with Gasteiger partial charge in [-0.1, -0.05) is 6.07 Å². The number of hydrogen-bond donors (Lipinski definition) is 2. The van der Waals surface area contributed by atoms with Crippen LogP contribution < -0.4 is 19.7 Å². The molecular formula is C25H28F3N7O4S. The zero-order chi connectivity index (χ0) is 28.9. The lowest BCUT2D eigenvalue weighted by molar-refractivity contribution is -0.137. The zero-order valence-electron chi connectivity index (χ0n) is 22.0. The molecule has 214 valence electrons. The van der Waals surface area contributed by atoms with Crippen molar-refractivity contribution in [3.63, 3.8) is 0 Å². The van der Waals surface area contributed by atoms with Gasteiger partial charge in [-0.05, 0) is 24.3 Å². The van der Waals surface area contributed by atoms with Crippen molar-refractivity contribution in [3.8, 4) is 5.75 Å². The fourth-order valence-corrected chi connectivity index (χ4v) is 4.35. The minimum Gasteiger partial charge on any atom is -0.495 e. The molecule has 0 saturated carbocycles. The number of carbonyl (C=O) groups excluding carboxylic acids is 1. The number of nitrogens with zero attached hydrogens (tertiary/aromatic N) is 5. The first-order chi connectivity index (χ1) is 19.1. The van der Waals surface area contributed by atoms with E-state index in [-0.39, 0.29) is 18.4 Å². The summed E-state index contributed by atoms with van der Waals surface area (Å²) in [6, 6.07) is 8.01. The Labute approximate surface area is 231 Å². The van der Waals surface area contributed by atoms with Crippen LogP contribution in [0.4, 0.5) is 36.4 Å². The number of aromatic nitrogens is 3. The maximum absolute atomic E-state index is 13.8. The van der Waals surface area contributed by atoms with Crippen molar-refractivity contribution in [3.05, 3.63) is 59.4 Å². The molecule has 2 aromatic heterocycles. The molecule has 1 fully saturated rings. The summed E-state index contributed by atoms with van der Waals surface area (Å²) in [6.07, 6.45) is -1.10. The van der Waals surface area contributed by atoms with Crippen molar-refractivity contribution in [2.24, 2.45) is 0 Å². The molecule has 1 aliphatic rings. The van der Waals surface area contributed by atoms with Gasteiger partial charge in [0, 0.05) is 56.5 Å². The number of morpholine rings is 1. The minimum atomic E-state index is -4.73. The number of nitrogens with one attached hydrogen (secondary N) is 2. The minimum absolute atomic E-state index is 0.0862. The highest BCUT2D eigenvalue weighted by Crippen LogP contribution is 2.35. The van der Waals surface area contributed by atoms with Crippen LogP contribution in [0, 0.1) is 0 Å². The third-order valence-electron chi connectivity index (χ3n) is 6.08. The Morgan fingerprint density at radius 1 is 1.23 bits per heavy atom. The molecule has 1 unspecified atom stereocenters. The predicted molar refractivity (Wildman–Crippen MR) is 144 cm³/mol. The van der Waals surface area contributed by atoms with E-state index in [0.717, 1.165) is 0 Å². The van der Waals surface area contributed by atoms with Gasteiger partial charge < -0.3 is 25.0 Å². The van der Waals surface area contributed by atoms with Crippen LogP contribution in [0.5, 0.6) is 5.75 Å². The van der Waals surface area contributed by atoms with Crippen LogP contribution in [0.2, 0.25) is 0 Å². The highest BCUT2D eigenvalue weighted by atomic mass is 32.2. The van der Waals surface area contributed by atoms with E-state index in [9.17, 15) is 22.2 Å². The lowest BCUT2D eigenvalue weighted by atomic mass is 10.1. The summed E-state index contributed by atoms with van der Waals surface area (Å²) in [5.74, 6) is -0.145. The summed E-state index contributed by atoms with van der Waals surface area (Å²) < 4.78 is 65.5. The highest BCUT2D eigenvalue weighted by molar-refractivity contribution is 7.85. The van der Waals surface area contributed by atoms with E-state index >= 15 is 0 Å². The number of anilines is 4. The number of amides is 1. The molecule has 1 atom stereocenters. The molecule has 0 radical (unpaired) electrons. The smallest absolute Gasteiger partial charge is 0.421 e. The van der Waals surface area contributed by atoms with Crippen molar-refractivity contribution >= 4 is 40.2 Å². The SMILES string of the molecule is COc1ccc(C(=O)N2CCOCC2)cc1Nc1ncc(C(F)(F)F)c(NCc2cccnc2N(C)S(C)=O)n1. The van der Waals surface area contributed by atoms with Crippen molar-refractivity contribution in [2.75, 3.05) is 61.7 Å². The predicted octanol–water partition coefficient (Wildman–Crippen LogP) is 3.46. The van der Waals surface area contributed by atoms with Gasteiger partial charge in [-0.2, -0.15) is 18.2 Å². The fraction of sp³-hybridized carbons (Fsp3) is 0.360.